The maximum atomic E-state index is 12.9. The maximum absolute atomic E-state index is 12.9. The third kappa shape index (κ3) is 65.1. The van der Waals surface area contributed by atoms with E-state index in [0.717, 1.165) is 51.4 Å². The van der Waals surface area contributed by atoms with Crippen molar-refractivity contribution >= 4 is 17.9 Å². The molecule has 0 bridgehead atoms. The molecule has 2 unspecified atom stereocenters. The van der Waals surface area contributed by atoms with Crippen molar-refractivity contribution in [2.24, 2.45) is 0 Å². The first-order valence-electron chi connectivity index (χ1n) is 35.7. The van der Waals surface area contributed by atoms with Gasteiger partial charge in [-0.15, -0.1) is 0 Å². The molecule has 1 N–H and O–H groups in total. The van der Waals surface area contributed by atoms with E-state index in [9.17, 15) is 19.5 Å². The monoisotopic (exact) mass is 1160 g/mol. The molecule has 0 saturated carbocycles. The number of carboxylic acid groups (broad SMARTS) is 1. The molecule has 82 heavy (non-hydrogen) atoms. The SMILES string of the molecule is CCCCCC/C=C\C/C=C\CCCCCCCCCC(=O)OC(COC(=O)CCCCCCCCCCCCCCCCCCCCCCCCCCCCC/C=C\CCCCCCCCCC)COC(OCC[N+](C)(C)C)C(=O)O. The van der Waals surface area contributed by atoms with E-state index in [-0.39, 0.29) is 32.2 Å². The predicted octanol–water partition coefficient (Wildman–Crippen LogP) is 22.0. The van der Waals surface area contributed by atoms with Gasteiger partial charge in [-0.25, -0.2) is 4.79 Å². The van der Waals surface area contributed by atoms with Gasteiger partial charge in [-0.3, -0.25) is 9.59 Å². The largest absolute Gasteiger partial charge is 0.477 e. The molecule has 0 aliphatic carbocycles. The molecular weight excluding hydrogens is 1020 g/mol. The Morgan fingerprint density at radius 3 is 0.988 bits per heavy atom. The van der Waals surface area contributed by atoms with Crippen LogP contribution in [0.1, 0.15) is 354 Å². The molecule has 9 heteroatoms. The van der Waals surface area contributed by atoms with Crippen molar-refractivity contribution in [2.45, 2.75) is 367 Å². The van der Waals surface area contributed by atoms with Crippen LogP contribution in [0, 0.1) is 0 Å². The first-order chi connectivity index (χ1) is 40.1. The number of unbranched alkanes of at least 4 members (excludes halogenated alkanes) is 46. The Morgan fingerprint density at radius 1 is 0.366 bits per heavy atom. The van der Waals surface area contributed by atoms with Gasteiger partial charge in [0.15, 0.2) is 6.10 Å². The summed E-state index contributed by atoms with van der Waals surface area (Å²) in [4.78, 5) is 37.5. The number of aliphatic carboxylic acids is 1. The number of hydrogen-bond donors (Lipinski definition) is 1. The molecule has 0 aromatic rings. The summed E-state index contributed by atoms with van der Waals surface area (Å²) in [5.74, 6) is -1.99. The molecule has 0 radical (unpaired) electrons. The Bertz CT molecular complexity index is 1440. The third-order valence-corrected chi connectivity index (χ3v) is 16.1. The van der Waals surface area contributed by atoms with Crippen LogP contribution in [0.4, 0.5) is 0 Å². The van der Waals surface area contributed by atoms with Crippen LogP contribution in [0.5, 0.6) is 0 Å². The van der Waals surface area contributed by atoms with Crippen molar-refractivity contribution in [1.82, 2.24) is 0 Å². The van der Waals surface area contributed by atoms with Crippen molar-refractivity contribution in [3.63, 3.8) is 0 Å². The molecule has 0 heterocycles. The molecule has 0 rings (SSSR count). The number of ether oxygens (including phenoxy) is 4. The van der Waals surface area contributed by atoms with E-state index in [0.29, 0.717) is 23.9 Å². The zero-order chi connectivity index (χ0) is 59.8. The zero-order valence-electron chi connectivity index (χ0n) is 55.2. The lowest BCUT2D eigenvalue weighted by Gasteiger charge is -2.25. The minimum absolute atomic E-state index is 0.181. The van der Waals surface area contributed by atoms with Crippen molar-refractivity contribution in [3.8, 4) is 0 Å². The molecule has 0 amide bonds. The number of nitrogens with zero attached hydrogens (tertiary/aromatic N) is 1. The van der Waals surface area contributed by atoms with Gasteiger partial charge in [-0.05, 0) is 70.6 Å². The van der Waals surface area contributed by atoms with Crippen LogP contribution in [0.3, 0.4) is 0 Å². The van der Waals surface area contributed by atoms with Crippen LogP contribution >= 0.6 is 0 Å². The smallest absolute Gasteiger partial charge is 0.361 e. The van der Waals surface area contributed by atoms with E-state index in [4.69, 9.17) is 18.9 Å². The van der Waals surface area contributed by atoms with Crippen LogP contribution in [-0.4, -0.2) is 87.4 Å². The lowest BCUT2D eigenvalue weighted by molar-refractivity contribution is -0.870. The number of carbonyl (C=O) groups excluding carboxylic acids is 2. The Balaban J connectivity index is 3.93. The van der Waals surface area contributed by atoms with E-state index in [1.165, 1.54) is 270 Å². The molecule has 0 aliphatic heterocycles. The Morgan fingerprint density at radius 2 is 0.659 bits per heavy atom. The van der Waals surface area contributed by atoms with Gasteiger partial charge in [-0.1, -0.05) is 307 Å². The van der Waals surface area contributed by atoms with Crippen LogP contribution in [0.2, 0.25) is 0 Å². The topological polar surface area (TPSA) is 108 Å². The average Bonchev–Trinajstić information content (AvgIpc) is 3.45. The number of hydrogen-bond acceptors (Lipinski definition) is 7. The second-order valence-electron chi connectivity index (χ2n) is 25.5. The molecule has 0 spiro atoms. The van der Waals surface area contributed by atoms with Gasteiger partial charge < -0.3 is 28.5 Å². The molecule has 9 nitrogen and oxygen atoms in total. The summed E-state index contributed by atoms with van der Waals surface area (Å²) < 4.78 is 23.0. The summed E-state index contributed by atoms with van der Waals surface area (Å²) in [6, 6.07) is 0. The van der Waals surface area contributed by atoms with Gasteiger partial charge >= 0.3 is 17.9 Å². The molecule has 482 valence electrons. The van der Waals surface area contributed by atoms with E-state index in [2.05, 4.69) is 50.3 Å². The predicted molar refractivity (Wildman–Crippen MR) is 351 cm³/mol. The van der Waals surface area contributed by atoms with Crippen LogP contribution in [0.25, 0.3) is 0 Å². The molecule has 0 aromatic heterocycles. The summed E-state index contributed by atoms with van der Waals surface area (Å²) >= 11 is 0. The standard InChI is InChI=1S/C73H137NO8/c1-6-8-10-12-14-16-18-20-22-24-26-27-28-29-30-31-32-33-34-35-36-37-38-39-40-41-42-43-44-45-46-48-49-51-53-55-57-59-61-63-70(75)80-67-69(68-81-73(72(77)78)79-66-65-74(3,4)5)82-71(76)64-62-60-58-56-54-52-50-47-25-23-21-19-17-15-13-11-9-7-2/h17,19,23-26,69,73H,6-16,18,20-22,27-68H2,1-5H3/p+1/b19-17-,25-23-,26-24-. The average molecular weight is 1160 g/mol. The number of allylic oxidation sites excluding steroid dienone is 6. The lowest BCUT2D eigenvalue weighted by Crippen LogP contribution is -2.40. The molecule has 0 fully saturated rings. The fourth-order valence-corrected chi connectivity index (χ4v) is 10.6. The summed E-state index contributed by atoms with van der Waals surface area (Å²) in [6.45, 7) is 4.90. The number of likely N-dealkylation sites (N-methyl/N-ethyl adjacent to an activating group) is 1. The summed E-state index contributed by atoms with van der Waals surface area (Å²) in [5.41, 5.74) is 0. The minimum Gasteiger partial charge on any atom is -0.477 e. The Labute approximate surface area is 509 Å². The number of carboxylic acids is 1. The van der Waals surface area contributed by atoms with Gasteiger partial charge in [0.2, 0.25) is 0 Å². The molecule has 0 aliphatic rings. The van der Waals surface area contributed by atoms with E-state index in [1.54, 1.807) is 0 Å². The van der Waals surface area contributed by atoms with E-state index < -0.39 is 24.3 Å². The second-order valence-corrected chi connectivity index (χ2v) is 25.5. The number of quaternary nitrogens is 1. The highest BCUT2D eigenvalue weighted by atomic mass is 16.7. The summed E-state index contributed by atoms with van der Waals surface area (Å²) in [5, 5.41) is 9.73. The van der Waals surface area contributed by atoms with E-state index in [1.807, 2.05) is 21.1 Å². The van der Waals surface area contributed by atoms with E-state index >= 15 is 0 Å². The second kappa shape index (κ2) is 64.5. The highest BCUT2D eigenvalue weighted by Gasteiger charge is 2.25. The first-order valence-corrected chi connectivity index (χ1v) is 35.7. The summed E-state index contributed by atoms with van der Waals surface area (Å²) in [6.07, 6.45) is 78.6. The fourth-order valence-electron chi connectivity index (χ4n) is 10.6. The van der Waals surface area contributed by atoms with Gasteiger partial charge in [0.1, 0.15) is 13.2 Å². The Hall–Kier alpha value is -2.49. The zero-order valence-corrected chi connectivity index (χ0v) is 55.2. The molecule has 0 aromatic carbocycles. The maximum Gasteiger partial charge on any atom is 0.361 e. The quantitative estimate of drug-likeness (QED) is 0.0211. The van der Waals surface area contributed by atoms with Crippen LogP contribution in [0.15, 0.2) is 36.5 Å². The first kappa shape index (κ1) is 79.5. The molecular formula is C73H138NO8+. The van der Waals surface area contributed by atoms with Crippen molar-refractivity contribution in [2.75, 3.05) is 47.5 Å². The number of rotatable bonds is 67. The third-order valence-electron chi connectivity index (χ3n) is 16.1. The van der Waals surface area contributed by atoms with Crippen molar-refractivity contribution in [3.05, 3.63) is 36.5 Å². The van der Waals surface area contributed by atoms with Crippen molar-refractivity contribution < 1.29 is 42.9 Å². The van der Waals surface area contributed by atoms with Crippen LogP contribution < -0.4 is 0 Å². The van der Waals surface area contributed by atoms with Crippen molar-refractivity contribution in [1.29, 1.82) is 0 Å². The Kier molecular flexibility index (Phi) is 62.5. The molecule has 0 saturated heterocycles. The molecule has 2 atom stereocenters. The number of carbonyl (C=O) groups is 3. The van der Waals surface area contributed by atoms with Gasteiger partial charge in [0.05, 0.1) is 34.4 Å². The highest BCUT2D eigenvalue weighted by Crippen LogP contribution is 2.19. The summed E-state index contributed by atoms with van der Waals surface area (Å²) in [7, 11) is 5.98. The van der Waals surface area contributed by atoms with Gasteiger partial charge in [-0.2, -0.15) is 0 Å². The fraction of sp³-hybridized carbons (Fsp3) is 0.877. The van der Waals surface area contributed by atoms with Gasteiger partial charge in [0, 0.05) is 12.8 Å². The van der Waals surface area contributed by atoms with Crippen LogP contribution in [-0.2, 0) is 33.3 Å². The van der Waals surface area contributed by atoms with Gasteiger partial charge in [0.25, 0.3) is 6.29 Å². The lowest BCUT2D eigenvalue weighted by atomic mass is 10.0. The normalized spacial score (nSPS) is 12.8. The minimum atomic E-state index is -1.51. The highest BCUT2D eigenvalue weighted by molar-refractivity contribution is 5.71. The number of esters is 2.